The van der Waals surface area contributed by atoms with Crippen LogP contribution < -0.4 is 10.6 Å². The van der Waals surface area contributed by atoms with E-state index in [1.165, 1.54) is 0 Å². The van der Waals surface area contributed by atoms with E-state index in [9.17, 15) is 9.59 Å². The van der Waals surface area contributed by atoms with Crippen LogP contribution in [-0.2, 0) is 9.59 Å². The van der Waals surface area contributed by atoms with Gasteiger partial charge in [0.15, 0.2) is 5.82 Å². The minimum absolute atomic E-state index is 0.0912. The number of carbonyl (C=O) groups is 2. The van der Waals surface area contributed by atoms with Gasteiger partial charge >= 0.3 is 0 Å². The molecule has 0 aliphatic carbocycles. The zero-order valence-corrected chi connectivity index (χ0v) is 8.24. The lowest BCUT2D eigenvalue weighted by atomic mass is 10.2. The lowest BCUT2D eigenvalue weighted by Crippen LogP contribution is -2.37. The first-order chi connectivity index (χ1) is 7.15. The van der Waals surface area contributed by atoms with Crippen LogP contribution in [0.3, 0.4) is 0 Å². The minimum atomic E-state index is -0.450. The van der Waals surface area contributed by atoms with E-state index in [-0.39, 0.29) is 11.8 Å². The van der Waals surface area contributed by atoms with Crippen LogP contribution in [-0.4, -0.2) is 23.0 Å². The number of nitrogens with zero attached hydrogens (tertiary/aromatic N) is 1. The van der Waals surface area contributed by atoms with Crippen LogP contribution in [0.5, 0.6) is 0 Å². The Bertz CT molecular complexity index is 399. The second kappa shape index (κ2) is 3.72. The van der Waals surface area contributed by atoms with Crippen molar-refractivity contribution in [2.45, 2.75) is 25.8 Å². The number of anilines is 1. The van der Waals surface area contributed by atoms with Crippen molar-refractivity contribution < 1.29 is 14.1 Å². The molecule has 2 amide bonds. The third-order valence-corrected chi connectivity index (χ3v) is 2.19. The number of rotatable bonds is 2. The summed E-state index contributed by atoms with van der Waals surface area (Å²) in [6.07, 6.45) is 0.928. The number of nitrogens with one attached hydrogen (secondary N) is 2. The van der Waals surface area contributed by atoms with E-state index in [1.54, 1.807) is 13.0 Å². The first-order valence-electron chi connectivity index (χ1n) is 4.69. The molecule has 15 heavy (non-hydrogen) atoms. The quantitative estimate of drug-likeness (QED) is 0.728. The van der Waals surface area contributed by atoms with E-state index in [1.807, 2.05) is 0 Å². The van der Waals surface area contributed by atoms with Crippen LogP contribution >= 0.6 is 0 Å². The van der Waals surface area contributed by atoms with Gasteiger partial charge in [-0.1, -0.05) is 5.16 Å². The number of aryl methyl sites for hydroxylation is 1. The van der Waals surface area contributed by atoms with Gasteiger partial charge in [0.1, 0.15) is 11.8 Å². The summed E-state index contributed by atoms with van der Waals surface area (Å²) in [5, 5.41) is 8.76. The highest BCUT2D eigenvalue weighted by atomic mass is 16.5. The summed E-state index contributed by atoms with van der Waals surface area (Å²) in [7, 11) is 0. The van der Waals surface area contributed by atoms with Gasteiger partial charge in [-0.25, -0.2) is 0 Å². The zero-order chi connectivity index (χ0) is 10.8. The van der Waals surface area contributed by atoms with Crippen molar-refractivity contribution in [3.05, 3.63) is 11.8 Å². The number of aromatic nitrogens is 1. The van der Waals surface area contributed by atoms with Crippen LogP contribution in [0.15, 0.2) is 10.6 Å². The van der Waals surface area contributed by atoms with Gasteiger partial charge in [0.25, 0.3) is 0 Å². The summed E-state index contributed by atoms with van der Waals surface area (Å²) in [5.41, 5.74) is 0. The van der Waals surface area contributed by atoms with Gasteiger partial charge in [0.2, 0.25) is 11.8 Å². The predicted octanol–water partition coefficient (Wildman–Crippen LogP) is 0.200. The zero-order valence-electron chi connectivity index (χ0n) is 8.24. The van der Waals surface area contributed by atoms with Gasteiger partial charge in [-0.05, 0) is 13.3 Å². The minimum Gasteiger partial charge on any atom is -0.360 e. The predicted molar refractivity (Wildman–Crippen MR) is 51.0 cm³/mol. The second-order valence-electron chi connectivity index (χ2n) is 3.47. The van der Waals surface area contributed by atoms with Crippen molar-refractivity contribution in [2.24, 2.45) is 0 Å². The third kappa shape index (κ3) is 2.15. The van der Waals surface area contributed by atoms with Crippen molar-refractivity contribution in [2.75, 3.05) is 5.32 Å². The Morgan fingerprint density at radius 2 is 2.53 bits per heavy atom. The molecule has 0 radical (unpaired) electrons. The summed E-state index contributed by atoms with van der Waals surface area (Å²) >= 11 is 0. The van der Waals surface area contributed by atoms with Crippen LogP contribution in [0, 0.1) is 6.92 Å². The maximum atomic E-state index is 11.6. The first kappa shape index (κ1) is 9.70. The summed E-state index contributed by atoms with van der Waals surface area (Å²) in [6.45, 7) is 1.74. The van der Waals surface area contributed by atoms with E-state index >= 15 is 0 Å². The molecule has 1 unspecified atom stereocenters. The van der Waals surface area contributed by atoms with Crippen LogP contribution in [0.2, 0.25) is 0 Å². The van der Waals surface area contributed by atoms with Crippen LogP contribution in [0.25, 0.3) is 0 Å². The van der Waals surface area contributed by atoms with E-state index in [2.05, 4.69) is 15.8 Å². The van der Waals surface area contributed by atoms with Crippen molar-refractivity contribution in [1.82, 2.24) is 10.5 Å². The summed E-state index contributed by atoms with van der Waals surface area (Å²) in [6, 6.07) is 1.17. The fourth-order valence-corrected chi connectivity index (χ4v) is 1.45. The van der Waals surface area contributed by atoms with E-state index in [4.69, 9.17) is 4.52 Å². The van der Waals surface area contributed by atoms with Crippen LogP contribution in [0.1, 0.15) is 18.6 Å². The molecule has 1 atom stereocenters. The fraction of sp³-hybridized carbons (Fsp3) is 0.444. The molecule has 1 aliphatic rings. The standard InChI is InChI=1S/C9H11N3O3/c1-5-4-7(12-15-5)11-9(14)6-2-3-8(13)10-6/h4,6H,2-3H2,1H3,(H,10,13)(H,11,12,14). The molecule has 2 N–H and O–H groups in total. The third-order valence-electron chi connectivity index (χ3n) is 2.19. The molecule has 80 valence electrons. The number of carbonyl (C=O) groups excluding carboxylic acids is 2. The highest BCUT2D eigenvalue weighted by Gasteiger charge is 2.27. The van der Waals surface area contributed by atoms with E-state index in [0.717, 1.165) is 0 Å². The smallest absolute Gasteiger partial charge is 0.248 e. The normalized spacial score (nSPS) is 20.1. The Hall–Kier alpha value is -1.85. The lowest BCUT2D eigenvalue weighted by molar-refractivity contribution is -0.122. The second-order valence-corrected chi connectivity index (χ2v) is 3.47. The molecule has 1 aliphatic heterocycles. The van der Waals surface area contributed by atoms with Gasteiger partial charge in [-0.2, -0.15) is 0 Å². The largest absolute Gasteiger partial charge is 0.360 e. The molecule has 0 aromatic carbocycles. The van der Waals surface area contributed by atoms with E-state index in [0.29, 0.717) is 24.4 Å². The van der Waals surface area contributed by atoms with Gasteiger partial charge < -0.3 is 15.2 Å². The molecule has 1 saturated heterocycles. The topological polar surface area (TPSA) is 84.2 Å². The summed E-state index contributed by atoms with van der Waals surface area (Å²) < 4.78 is 4.80. The number of hydrogen-bond donors (Lipinski definition) is 2. The molecule has 0 spiro atoms. The Morgan fingerprint density at radius 1 is 1.73 bits per heavy atom. The average Bonchev–Trinajstić information content (AvgIpc) is 2.75. The molecule has 6 heteroatoms. The number of hydrogen-bond acceptors (Lipinski definition) is 4. The maximum absolute atomic E-state index is 11.6. The first-order valence-corrected chi connectivity index (χ1v) is 4.69. The number of amides is 2. The molecule has 0 bridgehead atoms. The van der Waals surface area contributed by atoms with E-state index < -0.39 is 6.04 Å². The molecule has 6 nitrogen and oxygen atoms in total. The molecule has 1 fully saturated rings. The average molecular weight is 209 g/mol. The summed E-state index contributed by atoms with van der Waals surface area (Å²) in [5.74, 6) is 0.653. The molecule has 2 rings (SSSR count). The van der Waals surface area contributed by atoms with Crippen LogP contribution in [0.4, 0.5) is 5.82 Å². The molecule has 2 heterocycles. The highest BCUT2D eigenvalue weighted by Crippen LogP contribution is 2.11. The molecular weight excluding hydrogens is 198 g/mol. The van der Waals surface area contributed by atoms with Crippen molar-refractivity contribution in [3.63, 3.8) is 0 Å². The van der Waals surface area contributed by atoms with Gasteiger partial charge in [-0.3, -0.25) is 9.59 Å². The Morgan fingerprint density at radius 3 is 3.07 bits per heavy atom. The lowest BCUT2D eigenvalue weighted by Gasteiger charge is -2.07. The maximum Gasteiger partial charge on any atom is 0.248 e. The van der Waals surface area contributed by atoms with Crippen molar-refractivity contribution in [1.29, 1.82) is 0 Å². The molecular formula is C9H11N3O3. The van der Waals surface area contributed by atoms with Crippen molar-refractivity contribution >= 4 is 17.6 Å². The van der Waals surface area contributed by atoms with Gasteiger partial charge in [0.05, 0.1) is 0 Å². The summed E-state index contributed by atoms with van der Waals surface area (Å²) in [4.78, 5) is 22.5. The monoisotopic (exact) mass is 209 g/mol. The van der Waals surface area contributed by atoms with Gasteiger partial charge in [-0.15, -0.1) is 0 Å². The molecule has 1 aromatic rings. The Kier molecular flexibility index (Phi) is 2.40. The molecule has 1 aromatic heterocycles. The fourth-order valence-electron chi connectivity index (χ4n) is 1.45. The SMILES string of the molecule is Cc1cc(NC(=O)C2CCC(=O)N2)no1. The Labute approximate surface area is 86.0 Å². The van der Waals surface area contributed by atoms with Crippen molar-refractivity contribution in [3.8, 4) is 0 Å². The Balaban J connectivity index is 1.95. The molecule has 0 saturated carbocycles. The highest BCUT2D eigenvalue weighted by molar-refractivity contribution is 5.98. The van der Waals surface area contributed by atoms with Gasteiger partial charge in [0, 0.05) is 12.5 Å².